The predicted molar refractivity (Wildman–Crippen MR) is 74.2 cm³/mol. The van der Waals surface area contributed by atoms with Crippen LogP contribution in [-0.2, 0) is 11.0 Å². The molecule has 3 heteroatoms. The lowest BCUT2D eigenvalue weighted by molar-refractivity contribution is 0.104. The van der Waals surface area contributed by atoms with E-state index >= 15 is 0 Å². The first-order valence-electron chi connectivity index (χ1n) is 6.48. The number of hydrogen-bond acceptors (Lipinski definition) is 3. The van der Waals surface area contributed by atoms with Gasteiger partial charge in [0.25, 0.3) is 0 Å². The highest BCUT2D eigenvalue weighted by Crippen LogP contribution is 2.48. The molecule has 96 valence electrons. The normalized spacial score (nSPS) is 29.5. The molecule has 0 aliphatic heterocycles. The van der Waals surface area contributed by atoms with Gasteiger partial charge >= 0.3 is 0 Å². The zero-order chi connectivity index (χ0) is 12.8. The van der Waals surface area contributed by atoms with Crippen molar-refractivity contribution >= 4 is 11.3 Å². The van der Waals surface area contributed by atoms with Crippen LogP contribution in [0.3, 0.4) is 0 Å². The minimum atomic E-state index is -0.136. The maximum Gasteiger partial charge on any atom is 0.113 e. The second kappa shape index (κ2) is 4.06. The molecule has 1 saturated carbocycles. The summed E-state index contributed by atoms with van der Waals surface area (Å²) in [5, 5.41) is 3.31. The van der Waals surface area contributed by atoms with Crippen molar-refractivity contribution in [2.24, 2.45) is 17.6 Å². The van der Waals surface area contributed by atoms with Crippen molar-refractivity contribution in [1.82, 2.24) is 4.98 Å². The van der Waals surface area contributed by atoms with E-state index in [9.17, 15) is 0 Å². The average Bonchev–Trinajstić information content (AvgIpc) is 2.60. The molecule has 0 unspecified atom stereocenters. The van der Waals surface area contributed by atoms with Crippen LogP contribution in [0.5, 0.6) is 0 Å². The van der Waals surface area contributed by atoms with E-state index in [1.165, 1.54) is 5.69 Å². The van der Waals surface area contributed by atoms with E-state index in [2.05, 4.69) is 40.0 Å². The fourth-order valence-corrected chi connectivity index (χ4v) is 3.55. The topological polar surface area (TPSA) is 38.9 Å². The summed E-state index contributed by atoms with van der Waals surface area (Å²) in [6.45, 7) is 11.2. The Bertz CT molecular complexity index is 395. The third-order valence-electron chi connectivity index (χ3n) is 3.89. The van der Waals surface area contributed by atoms with Crippen LogP contribution >= 0.6 is 11.3 Å². The summed E-state index contributed by atoms with van der Waals surface area (Å²) in [7, 11) is 0. The number of thiazole rings is 1. The third-order valence-corrected chi connectivity index (χ3v) is 4.96. The molecule has 0 spiro atoms. The van der Waals surface area contributed by atoms with Crippen LogP contribution < -0.4 is 5.73 Å². The molecule has 2 nitrogen and oxygen atoms in total. The SMILES string of the molecule is CC(C)C1CC(N)(c2nc(C(C)(C)C)cs2)C1. The predicted octanol–water partition coefficient (Wildman–Crippen LogP) is 3.66. The van der Waals surface area contributed by atoms with E-state index in [-0.39, 0.29) is 11.0 Å². The van der Waals surface area contributed by atoms with Gasteiger partial charge in [-0.1, -0.05) is 34.6 Å². The summed E-state index contributed by atoms with van der Waals surface area (Å²) in [6, 6.07) is 0. The number of hydrogen-bond donors (Lipinski definition) is 1. The number of nitrogens with zero attached hydrogens (tertiary/aromatic N) is 1. The van der Waals surface area contributed by atoms with E-state index in [1.54, 1.807) is 11.3 Å². The van der Waals surface area contributed by atoms with Crippen molar-refractivity contribution < 1.29 is 0 Å². The molecule has 1 aliphatic rings. The largest absolute Gasteiger partial charge is 0.319 e. The molecule has 0 amide bonds. The Balaban J connectivity index is 2.12. The van der Waals surface area contributed by atoms with Crippen molar-refractivity contribution in [2.45, 2.75) is 58.4 Å². The van der Waals surface area contributed by atoms with Gasteiger partial charge in [0.2, 0.25) is 0 Å². The Kier molecular flexibility index (Phi) is 3.11. The van der Waals surface area contributed by atoms with E-state index in [0.29, 0.717) is 0 Å². The third kappa shape index (κ3) is 2.41. The maximum absolute atomic E-state index is 6.46. The van der Waals surface area contributed by atoms with Crippen molar-refractivity contribution in [1.29, 1.82) is 0 Å². The van der Waals surface area contributed by atoms with Gasteiger partial charge in [0, 0.05) is 10.8 Å². The molecule has 17 heavy (non-hydrogen) atoms. The monoisotopic (exact) mass is 252 g/mol. The van der Waals surface area contributed by atoms with Gasteiger partial charge < -0.3 is 5.73 Å². The van der Waals surface area contributed by atoms with Crippen LogP contribution in [0.2, 0.25) is 0 Å². The van der Waals surface area contributed by atoms with Crippen molar-refractivity contribution in [3.05, 3.63) is 16.1 Å². The molecule has 1 aromatic heterocycles. The fraction of sp³-hybridized carbons (Fsp3) is 0.786. The molecule has 1 fully saturated rings. The zero-order valence-corrected chi connectivity index (χ0v) is 12.4. The fourth-order valence-electron chi connectivity index (χ4n) is 2.37. The highest BCUT2D eigenvalue weighted by atomic mass is 32.1. The van der Waals surface area contributed by atoms with Crippen molar-refractivity contribution in [2.75, 3.05) is 0 Å². The van der Waals surface area contributed by atoms with E-state index in [4.69, 9.17) is 10.7 Å². The molecule has 0 saturated heterocycles. The highest BCUT2D eigenvalue weighted by molar-refractivity contribution is 7.09. The lowest BCUT2D eigenvalue weighted by Crippen LogP contribution is -2.50. The summed E-state index contributed by atoms with van der Waals surface area (Å²) in [4.78, 5) is 4.76. The van der Waals surface area contributed by atoms with Gasteiger partial charge in [0.1, 0.15) is 5.01 Å². The molecule has 1 aromatic rings. The Morgan fingerprint density at radius 2 is 2.00 bits per heavy atom. The van der Waals surface area contributed by atoms with Gasteiger partial charge in [-0.15, -0.1) is 11.3 Å². The van der Waals surface area contributed by atoms with Crippen LogP contribution in [0.4, 0.5) is 0 Å². The first-order valence-corrected chi connectivity index (χ1v) is 7.36. The Morgan fingerprint density at radius 1 is 1.41 bits per heavy atom. The lowest BCUT2D eigenvalue weighted by Gasteiger charge is -2.45. The number of rotatable bonds is 2. The summed E-state index contributed by atoms with van der Waals surface area (Å²) < 4.78 is 0. The van der Waals surface area contributed by atoms with Gasteiger partial charge in [-0.3, -0.25) is 0 Å². The average molecular weight is 252 g/mol. The number of aromatic nitrogens is 1. The molecule has 2 rings (SSSR count). The Morgan fingerprint density at radius 3 is 2.41 bits per heavy atom. The van der Waals surface area contributed by atoms with Gasteiger partial charge in [-0.25, -0.2) is 4.98 Å². The Labute approximate surface area is 109 Å². The lowest BCUT2D eigenvalue weighted by atomic mass is 9.65. The molecule has 0 radical (unpaired) electrons. The highest BCUT2D eigenvalue weighted by Gasteiger charge is 2.45. The molecule has 0 atom stereocenters. The minimum Gasteiger partial charge on any atom is -0.319 e. The molecule has 0 aromatic carbocycles. The van der Waals surface area contributed by atoms with Crippen LogP contribution in [-0.4, -0.2) is 4.98 Å². The maximum atomic E-state index is 6.46. The van der Waals surface area contributed by atoms with Gasteiger partial charge in [0.05, 0.1) is 11.2 Å². The van der Waals surface area contributed by atoms with Gasteiger partial charge in [0.15, 0.2) is 0 Å². The molecular weight excluding hydrogens is 228 g/mol. The quantitative estimate of drug-likeness (QED) is 0.872. The summed E-state index contributed by atoms with van der Waals surface area (Å²) in [5.41, 5.74) is 7.63. The number of nitrogens with two attached hydrogens (primary N) is 1. The van der Waals surface area contributed by atoms with Crippen molar-refractivity contribution in [3.63, 3.8) is 0 Å². The standard InChI is InChI=1S/C14H24N2S/c1-9(2)10-6-14(15,7-10)12-16-11(8-17-12)13(3,4)5/h8-10H,6-7,15H2,1-5H3. The zero-order valence-electron chi connectivity index (χ0n) is 11.6. The minimum absolute atomic E-state index is 0.131. The van der Waals surface area contributed by atoms with E-state index in [1.807, 2.05) is 0 Å². The summed E-state index contributed by atoms with van der Waals surface area (Å²) >= 11 is 1.74. The first-order chi connectivity index (χ1) is 7.72. The summed E-state index contributed by atoms with van der Waals surface area (Å²) in [6.07, 6.45) is 2.20. The Hall–Kier alpha value is -0.410. The molecule has 2 N–H and O–H groups in total. The molecule has 1 heterocycles. The second-order valence-electron chi connectivity index (χ2n) is 6.86. The molecule has 1 aliphatic carbocycles. The molecular formula is C14H24N2S. The molecule has 0 bridgehead atoms. The van der Waals surface area contributed by atoms with Crippen LogP contribution in [0.15, 0.2) is 5.38 Å². The van der Waals surface area contributed by atoms with Gasteiger partial charge in [-0.05, 0) is 24.7 Å². The van der Waals surface area contributed by atoms with Crippen LogP contribution in [0.25, 0.3) is 0 Å². The van der Waals surface area contributed by atoms with Gasteiger partial charge in [-0.2, -0.15) is 0 Å². The van der Waals surface area contributed by atoms with Crippen LogP contribution in [0.1, 0.15) is 58.2 Å². The summed E-state index contributed by atoms with van der Waals surface area (Å²) in [5.74, 6) is 1.52. The van der Waals surface area contributed by atoms with Crippen molar-refractivity contribution in [3.8, 4) is 0 Å². The van der Waals surface area contributed by atoms with E-state index < -0.39 is 0 Å². The first kappa shape index (κ1) is 13.0. The van der Waals surface area contributed by atoms with Crippen LogP contribution in [0, 0.1) is 11.8 Å². The second-order valence-corrected chi connectivity index (χ2v) is 7.71. The van der Waals surface area contributed by atoms with E-state index in [0.717, 1.165) is 29.7 Å². The smallest absolute Gasteiger partial charge is 0.113 e.